The zero-order chi connectivity index (χ0) is 13.2. The maximum atomic E-state index is 12.0. The molecule has 2 N–H and O–H groups in total. The summed E-state index contributed by atoms with van der Waals surface area (Å²) in [5.41, 5.74) is 5.70. The van der Waals surface area contributed by atoms with E-state index in [2.05, 4.69) is 4.74 Å². The normalized spacial score (nSPS) is 13.3. The zero-order valence-corrected chi connectivity index (χ0v) is 9.47. The smallest absolute Gasteiger partial charge is 0.404 e. The lowest BCUT2D eigenvalue weighted by Gasteiger charge is -2.13. The van der Waals surface area contributed by atoms with Gasteiger partial charge in [-0.1, -0.05) is 17.7 Å². The Morgan fingerprint density at radius 2 is 2.06 bits per heavy atom. The third-order valence-electron chi connectivity index (χ3n) is 1.98. The van der Waals surface area contributed by atoms with Crippen molar-refractivity contribution in [3.63, 3.8) is 0 Å². The van der Waals surface area contributed by atoms with Crippen molar-refractivity contribution in [1.29, 1.82) is 0 Å². The minimum atomic E-state index is -4.84. The largest absolute Gasteiger partial charge is 0.573 e. The lowest BCUT2D eigenvalue weighted by molar-refractivity contribution is -0.274. The summed E-state index contributed by atoms with van der Waals surface area (Å²) in [4.78, 5) is 11.0. The summed E-state index contributed by atoms with van der Waals surface area (Å²) in [6.45, 7) is 1.24. The van der Waals surface area contributed by atoms with Crippen LogP contribution in [0.25, 0.3) is 0 Å². The van der Waals surface area contributed by atoms with Gasteiger partial charge < -0.3 is 10.5 Å². The quantitative estimate of drug-likeness (QED) is 0.916. The Hall–Kier alpha value is -1.27. The van der Waals surface area contributed by atoms with Crippen molar-refractivity contribution in [3.05, 3.63) is 28.8 Å². The molecule has 1 aromatic carbocycles. The molecule has 1 aromatic rings. The standard InChI is InChI=1S/C10H9ClF3NO2/c1-5(16)9(15)6-2-3-7(11)8(4-6)17-10(12,13)14/h2-4,9H,15H2,1H3. The van der Waals surface area contributed by atoms with Gasteiger partial charge >= 0.3 is 6.36 Å². The van der Waals surface area contributed by atoms with E-state index in [1.807, 2.05) is 0 Å². The highest BCUT2D eigenvalue weighted by Crippen LogP contribution is 2.32. The monoisotopic (exact) mass is 267 g/mol. The molecular weight excluding hydrogens is 259 g/mol. The maximum Gasteiger partial charge on any atom is 0.573 e. The molecule has 0 heterocycles. The molecule has 1 atom stereocenters. The summed E-state index contributed by atoms with van der Waals surface area (Å²) in [5.74, 6) is -0.946. The van der Waals surface area contributed by atoms with Crippen LogP contribution in [0.15, 0.2) is 18.2 Å². The van der Waals surface area contributed by atoms with Gasteiger partial charge in [0.1, 0.15) is 5.75 Å². The Labute approximate surface area is 100 Å². The second-order valence-electron chi connectivity index (χ2n) is 3.33. The lowest BCUT2D eigenvalue weighted by Crippen LogP contribution is -2.20. The number of carbonyl (C=O) groups excluding carboxylic acids is 1. The van der Waals surface area contributed by atoms with Crippen LogP contribution >= 0.6 is 11.6 Å². The van der Waals surface area contributed by atoms with Crippen LogP contribution in [0.3, 0.4) is 0 Å². The van der Waals surface area contributed by atoms with E-state index in [1.165, 1.54) is 19.1 Å². The van der Waals surface area contributed by atoms with Crippen molar-refractivity contribution in [3.8, 4) is 5.75 Å². The molecule has 0 aliphatic rings. The number of nitrogens with two attached hydrogens (primary N) is 1. The number of alkyl halides is 3. The average molecular weight is 268 g/mol. The van der Waals surface area contributed by atoms with Gasteiger partial charge in [0.15, 0.2) is 5.78 Å². The highest BCUT2D eigenvalue weighted by Gasteiger charge is 2.32. The SMILES string of the molecule is CC(=O)C(N)c1ccc(Cl)c(OC(F)(F)F)c1. The molecule has 0 aliphatic heterocycles. The first-order valence-corrected chi connectivity index (χ1v) is 4.89. The fourth-order valence-corrected chi connectivity index (χ4v) is 1.31. The second kappa shape index (κ2) is 4.93. The average Bonchev–Trinajstić information content (AvgIpc) is 2.18. The third-order valence-corrected chi connectivity index (χ3v) is 2.29. The Balaban J connectivity index is 3.06. The number of ether oxygens (including phenoxy) is 1. The summed E-state index contributed by atoms with van der Waals surface area (Å²) in [6, 6.07) is 2.57. The number of benzene rings is 1. The van der Waals surface area contributed by atoms with Gasteiger partial charge in [0.05, 0.1) is 11.1 Å². The van der Waals surface area contributed by atoms with Crippen LogP contribution in [0, 0.1) is 0 Å². The van der Waals surface area contributed by atoms with Gasteiger partial charge in [0.2, 0.25) is 0 Å². The Kier molecular flexibility index (Phi) is 4.00. The van der Waals surface area contributed by atoms with Gasteiger partial charge in [-0.3, -0.25) is 4.79 Å². The molecule has 94 valence electrons. The summed E-state index contributed by atoms with van der Waals surface area (Å²) >= 11 is 5.54. The number of Topliss-reactive ketones (excluding diaryl/α,β-unsaturated/α-hetero) is 1. The van der Waals surface area contributed by atoms with Crippen molar-refractivity contribution in [2.45, 2.75) is 19.3 Å². The third kappa shape index (κ3) is 3.90. The van der Waals surface area contributed by atoms with Gasteiger partial charge in [-0.15, -0.1) is 13.2 Å². The van der Waals surface area contributed by atoms with Crippen LogP contribution in [0.2, 0.25) is 5.02 Å². The Morgan fingerprint density at radius 1 is 1.47 bits per heavy atom. The van der Waals surface area contributed by atoms with Gasteiger partial charge in [-0.2, -0.15) is 0 Å². The molecular formula is C10H9ClF3NO2. The van der Waals surface area contributed by atoms with Crippen LogP contribution in [0.5, 0.6) is 5.75 Å². The van der Waals surface area contributed by atoms with Crippen molar-refractivity contribution in [2.24, 2.45) is 5.73 Å². The van der Waals surface area contributed by atoms with Crippen LogP contribution in [0.1, 0.15) is 18.5 Å². The zero-order valence-electron chi connectivity index (χ0n) is 8.72. The first-order chi connectivity index (χ1) is 7.70. The summed E-state index contributed by atoms with van der Waals surface area (Å²) in [7, 11) is 0. The molecule has 3 nitrogen and oxygen atoms in total. The predicted octanol–water partition coefficient (Wildman–Crippen LogP) is 2.83. The van der Waals surface area contributed by atoms with Crippen LogP contribution in [-0.2, 0) is 4.79 Å². The van der Waals surface area contributed by atoms with Crippen LogP contribution in [0.4, 0.5) is 13.2 Å². The van der Waals surface area contributed by atoms with Gasteiger partial charge in [-0.05, 0) is 24.6 Å². The Bertz CT molecular complexity index is 434. The minimum Gasteiger partial charge on any atom is -0.404 e. The number of halogens is 4. The van der Waals surface area contributed by atoms with Crippen LogP contribution in [-0.4, -0.2) is 12.1 Å². The molecule has 0 amide bonds. The molecule has 0 aliphatic carbocycles. The minimum absolute atomic E-state index is 0.207. The van der Waals surface area contributed by atoms with E-state index < -0.39 is 18.2 Å². The van der Waals surface area contributed by atoms with E-state index in [-0.39, 0.29) is 16.4 Å². The summed E-state index contributed by atoms with van der Waals surface area (Å²) < 4.78 is 39.8. The topological polar surface area (TPSA) is 52.3 Å². The second-order valence-corrected chi connectivity index (χ2v) is 3.73. The van der Waals surface area contributed by atoms with Gasteiger partial charge in [-0.25, -0.2) is 0 Å². The van der Waals surface area contributed by atoms with E-state index in [0.717, 1.165) is 6.07 Å². The number of carbonyl (C=O) groups is 1. The van der Waals surface area contributed by atoms with Crippen molar-refractivity contribution in [2.75, 3.05) is 0 Å². The number of hydrogen-bond donors (Lipinski definition) is 1. The van der Waals surface area contributed by atoms with E-state index in [9.17, 15) is 18.0 Å². The molecule has 0 saturated carbocycles. The van der Waals surface area contributed by atoms with E-state index in [4.69, 9.17) is 17.3 Å². The number of ketones is 1. The molecule has 0 saturated heterocycles. The molecule has 0 radical (unpaired) electrons. The molecule has 1 rings (SSSR count). The Morgan fingerprint density at radius 3 is 2.53 bits per heavy atom. The highest BCUT2D eigenvalue weighted by atomic mass is 35.5. The van der Waals surface area contributed by atoms with Crippen molar-refractivity contribution < 1.29 is 22.7 Å². The molecule has 7 heteroatoms. The summed E-state index contributed by atoms with van der Waals surface area (Å²) in [5, 5.41) is -0.207. The van der Waals surface area contributed by atoms with E-state index >= 15 is 0 Å². The first-order valence-electron chi connectivity index (χ1n) is 4.52. The predicted molar refractivity (Wildman–Crippen MR) is 55.7 cm³/mol. The molecule has 0 fully saturated rings. The molecule has 0 aromatic heterocycles. The number of rotatable bonds is 3. The number of hydrogen-bond acceptors (Lipinski definition) is 3. The van der Waals surface area contributed by atoms with Crippen molar-refractivity contribution >= 4 is 17.4 Å². The summed E-state index contributed by atoms with van der Waals surface area (Å²) in [6.07, 6.45) is -4.84. The van der Waals surface area contributed by atoms with Gasteiger partial charge in [0, 0.05) is 0 Å². The van der Waals surface area contributed by atoms with Gasteiger partial charge in [0.25, 0.3) is 0 Å². The fourth-order valence-electron chi connectivity index (χ4n) is 1.15. The van der Waals surface area contributed by atoms with E-state index in [0.29, 0.717) is 0 Å². The maximum absolute atomic E-state index is 12.0. The van der Waals surface area contributed by atoms with E-state index in [1.54, 1.807) is 0 Å². The molecule has 17 heavy (non-hydrogen) atoms. The molecule has 0 bridgehead atoms. The molecule has 1 unspecified atom stereocenters. The highest BCUT2D eigenvalue weighted by molar-refractivity contribution is 6.32. The molecule has 0 spiro atoms. The van der Waals surface area contributed by atoms with Crippen LogP contribution < -0.4 is 10.5 Å². The fraction of sp³-hybridized carbons (Fsp3) is 0.300. The lowest BCUT2D eigenvalue weighted by atomic mass is 10.0. The van der Waals surface area contributed by atoms with Crippen molar-refractivity contribution in [1.82, 2.24) is 0 Å². The first kappa shape index (κ1) is 13.8.